The Hall–Kier alpha value is -2.15. The first-order chi connectivity index (χ1) is 12.2. The van der Waals surface area contributed by atoms with Crippen LogP contribution in [-0.2, 0) is 0 Å². The van der Waals surface area contributed by atoms with Crippen LogP contribution in [0.25, 0.3) is 0 Å². The van der Waals surface area contributed by atoms with E-state index in [2.05, 4.69) is 14.8 Å². The fraction of sp³-hybridized carbons (Fsp3) is 0.444. The Kier molecular flexibility index (Phi) is 3.45. The third-order valence-corrected chi connectivity index (χ3v) is 5.89. The molecule has 2 heterocycles. The van der Waals surface area contributed by atoms with E-state index in [1.165, 1.54) is 30.6 Å². The first-order valence-electron chi connectivity index (χ1n) is 8.77. The Labute approximate surface area is 149 Å². The van der Waals surface area contributed by atoms with Crippen LogP contribution in [0.15, 0.2) is 29.4 Å². The van der Waals surface area contributed by atoms with Crippen LogP contribution in [0.2, 0.25) is 0 Å². The lowest BCUT2D eigenvalue weighted by atomic mass is 10.1. The highest BCUT2D eigenvalue weighted by Crippen LogP contribution is 2.46. The molecule has 2 aromatic rings. The van der Waals surface area contributed by atoms with E-state index in [1.807, 2.05) is 0 Å². The minimum Gasteiger partial charge on any atom is -0.303 e. The maximum Gasteiger partial charge on any atom is 0.261 e. The number of aromatic nitrogens is 3. The van der Waals surface area contributed by atoms with E-state index < -0.39 is 0 Å². The van der Waals surface area contributed by atoms with Crippen LogP contribution in [0.4, 0.5) is 0 Å². The number of nitrogens with zero attached hydrogens (tertiary/aromatic N) is 4. The Morgan fingerprint density at radius 1 is 1.00 bits per heavy atom. The van der Waals surface area contributed by atoms with Gasteiger partial charge in [0.15, 0.2) is 5.16 Å². The van der Waals surface area contributed by atoms with E-state index in [0.29, 0.717) is 35.4 Å². The van der Waals surface area contributed by atoms with Crippen LogP contribution < -0.4 is 0 Å². The largest absolute Gasteiger partial charge is 0.303 e. The monoisotopic (exact) mass is 354 g/mol. The van der Waals surface area contributed by atoms with Crippen LogP contribution in [0.3, 0.4) is 0 Å². The van der Waals surface area contributed by atoms with Gasteiger partial charge in [-0.2, -0.15) is 0 Å². The van der Waals surface area contributed by atoms with Crippen molar-refractivity contribution in [3.8, 4) is 0 Å². The number of imide groups is 1. The zero-order valence-electron chi connectivity index (χ0n) is 13.7. The minimum absolute atomic E-state index is 0.191. The lowest BCUT2D eigenvalue weighted by Gasteiger charge is -2.13. The van der Waals surface area contributed by atoms with Crippen molar-refractivity contribution in [3.63, 3.8) is 0 Å². The van der Waals surface area contributed by atoms with Crippen LogP contribution in [0, 0.1) is 0 Å². The SMILES string of the molecule is O=C1c2ccccc2C(=O)N1CCSc1nnc(C2CC2)n1C1CC1. The molecule has 6 nitrogen and oxygen atoms in total. The first-order valence-corrected chi connectivity index (χ1v) is 9.75. The average molecular weight is 354 g/mol. The molecule has 0 radical (unpaired) electrons. The van der Waals surface area contributed by atoms with Crippen molar-refractivity contribution in [3.05, 3.63) is 41.2 Å². The lowest BCUT2D eigenvalue weighted by molar-refractivity contribution is 0.0664. The van der Waals surface area contributed by atoms with Crippen molar-refractivity contribution in [2.75, 3.05) is 12.3 Å². The normalized spacial score (nSPS) is 19.6. The molecule has 25 heavy (non-hydrogen) atoms. The number of amides is 2. The van der Waals surface area contributed by atoms with Crippen molar-refractivity contribution >= 4 is 23.6 Å². The van der Waals surface area contributed by atoms with Gasteiger partial charge in [-0.1, -0.05) is 23.9 Å². The van der Waals surface area contributed by atoms with Gasteiger partial charge in [-0.3, -0.25) is 14.5 Å². The number of benzene rings is 1. The number of rotatable bonds is 6. The smallest absolute Gasteiger partial charge is 0.261 e. The van der Waals surface area contributed by atoms with Gasteiger partial charge in [0.1, 0.15) is 5.82 Å². The number of hydrogen-bond donors (Lipinski definition) is 0. The molecule has 2 fully saturated rings. The maximum atomic E-state index is 12.4. The summed E-state index contributed by atoms with van der Waals surface area (Å²) in [6.45, 7) is 0.396. The predicted octanol–water partition coefficient (Wildman–Crippen LogP) is 2.88. The van der Waals surface area contributed by atoms with Gasteiger partial charge >= 0.3 is 0 Å². The fourth-order valence-electron chi connectivity index (χ4n) is 3.35. The molecule has 3 aliphatic rings. The molecule has 128 valence electrons. The summed E-state index contributed by atoms with van der Waals surface area (Å²) in [5, 5.41) is 9.70. The van der Waals surface area contributed by atoms with Gasteiger partial charge in [0, 0.05) is 24.3 Å². The second-order valence-electron chi connectivity index (χ2n) is 6.87. The summed E-state index contributed by atoms with van der Waals surface area (Å²) < 4.78 is 2.30. The number of hydrogen-bond acceptors (Lipinski definition) is 5. The van der Waals surface area contributed by atoms with E-state index in [4.69, 9.17) is 0 Å². The molecule has 0 atom stereocenters. The molecular weight excluding hydrogens is 336 g/mol. The van der Waals surface area contributed by atoms with Crippen LogP contribution in [0.5, 0.6) is 0 Å². The summed E-state index contributed by atoms with van der Waals surface area (Å²) in [5.74, 6) is 1.97. The zero-order valence-corrected chi connectivity index (χ0v) is 14.5. The number of thioether (sulfide) groups is 1. The second kappa shape index (κ2) is 5.69. The molecule has 0 saturated heterocycles. The number of carbonyl (C=O) groups is 2. The molecule has 7 heteroatoms. The molecule has 1 aromatic carbocycles. The highest BCUT2D eigenvalue weighted by Gasteiger charge is 2.37. The molecule has 1 aliphatic heterocycles. The molecule has 5 rings (SSSR count). The van der Waals surface area contributed by atoms with Crippen molar-refractivity contribution in [2.45, 2.75) is 42.8 Å². The Morgan fingerprint density at radius 2 is 1.68 bits per heavy atom. The van der Waals surface area contributed by atoms with Crippen molar-refractivity contribution in [1.29, 1.82) is 0 Å². The molecule has 2 aliphatic carbocycles. The maximum absolute atomic E-state index is 12.4. The predicted molar refractivity (Wildman–Crippen MR) is 92.8 cm³/mol. The van der Waals surface area contributed by atoms with Gasteiger partial charge in [0.2, 0.25) is 0 Å². The van der Waals surface area contributed by atoms with Crippen molar-refractivity contribution < 1.29 is 9.59 Å². The summed E-state index contributed by atoms with van der Waals surface area (Å²) in [7, 11) is 0. The molecule has 1 aromatic heterocycles. The third-order valence-electron chi connectivity index (χ3n) is 4.97. The molecule has 2 amide bonds. The average Bonchev–Trinajstić information content (AvgIpc) is 3.56. The van der Waals surface area contributed by atoms with Gasteiger partial charge in [0.25, 0.3) is 11.8 Å². The number of fused-ring (bicyclic) bond motifs is 1. The Morgan fingerprint density at radius 3 is 2.28 bits per heavy atom. The van der Waals surface area contributed by atoms with Gasteiger partial charge in [-0.15, -0.1) is 10.2 Å². The Balaban J connectivity index is 1.28. The first kappa shape index (κ1) is 15.1. The van der Waals surface area contributed by atoms with Gasteiger partial charge in [-0.25, -0.2) is 0 Å². The van der Waals surface area contributed by atoms with E-state index in [1.54, 1.807) is 36.0 Å². The van der Waals surface area contributed by atoms with E-state index in [0.717, 1.165) is 11.0 Å². The molecule has 0 N–H and O–H groups in total. The second-order valence-corrected chi connectivity index (χ2v) is 7.93. The molecule has 2 saturated carbocycles. The van der Waals surface area contributed by atoms with E-state index in [9.17, 15) is 9.59 Å². The van der Waals surface area contributed by atoms with Crippen molar-refractivity contribution in [2.24, 2.45) is 0 Å². The highest BCUT2D eigenvalue weighted by atomic mass is 32.2. The van der Waals surface area contributed by atoms with Crippen LogP contribution in [-0.4, -0.2) is 43.8 Å². The van der Waals surface area contributed by atoms with Crippen LogP contribution in [0.1, 0.15) is 64.2 Å². The van der Waals surface area contributed by atoms with Crippen LogP contribution >= 0.6 is 11.8 Å². The topological polar surface area (TPSA) is 68.1 Å². The molecular formula is C18H18N4O2S. The number of carbonyl (C=O) groups excluding carboxylic acids is 2. The third kappa shape index (κ3) is 2.57. The zero-order chi connectivity index (χ0) is 17.0. The quantitative estimate of drug-likeness (QED) is 0.589. The van der Waals surface area contributed by atoms with E-state index >= 15 is 0 Å². The molecule has 0 unspecified atom stereocenters. The van der Waals surface area contributed by atoms with Crippen molar-refractivity contribution in [1.82, 2.24) is 19.7 Å². The highest BCUT2D eigenvalue weighted by molar-refractivity contribution is 7.99. The van der Waals surface area contributed by atoms with E-state index in [-0.39, 0.29) is 11.8 Å². The van der Waals surface area contributed by atoms with Gasteiger partial charge in [0.05, 0.1) is 11.1 Å². The Bertz CT molecular complexity index is 835. The lowest BCUT2D eigenvalue weighted by Crippen LogP contribution is -2.31. The summed E-state index contributed by atoms with van der Waals surface area (Å²) in [6, 6.07) is 7.56. The minimum atomic E-state index is -0.191. The fourth-order valence-corrected chi connectivity index (χ4v) is 4.29. The summed E-state index contributed by atoms with van der Waals surface area (Å²) in [5.41, 5.74) is 1.02. The van der Waals surface area contributed by atoms with Gasteiger partial charge in [-0.05, 0) is 37.8 Å². The summed E-state index contributed by atoms with van der Waals surface area (Å²) >= 11 is 1.59. The summed E-state index contributed by atoms with van der Waals surface area (Å²) in [4.78, 5) is 26.1. The molecule has 0 bridgehead atoms. The van der Waals surface area contributed by atoms with Gasteiger partial charge < -0.3 is 4.57 Å². The standard InChI is InChI=1S/C18H18N4O2S/c23-16-13-3-1-2-4-14(13)17(24)21(16)9-10-25-18-20-19-15(11-5-6-11)22(18)12-7-8-12/h1-4,11-12H,5-10H2. The molecule has 0 spiro atoms. The summed E-state index contributed by atoms with van der Waals surface area (Å²) in [6.07, 6.45) is 4.82.